The van der Waals surface area contributed by atoms with Gasteiger partial charge in [0.15, 0.2) is 0 Å². The fourth-order valence-electron chi connectivity index (χ4n) is 1.69. The second kappa shape index (κ2) is 8.08. The van der Waals surface area contributed by atoms with Gasteiger partial charge in [0.05, 0.1) is 6.61 Å². The first-order valence-corrected chi connectivity index (χ1v) is 7.69. The number of ether oxygens (including phenoxy) is 1. The third kappa shape index (κ3) is 6.73. The molecule has 0 saturated heterocycles. The molecule has 114 valence electrons. The highest BCUT2D eigenvalue weighted by Gasteiger charge is 2.11. The molecule has 0 aliphatic carbocycles. The highest BCUT2D eigenvalue weighted by atomic mass is 16.5. The van der Waals surface area contributed by atoms with Gasteiger partial charge in [0, 0.05) is 19.0 Å². The van der Waals surface area contributed by atoms with Gasteiger partial charge < -0.3 is 10.1 Å². The lowest BCUT2D eigenvalue weighted by molar-refractivity contribution is 0.235. The number of aromatic nitrogens is 2. The number of hydrogen-bond acceptors (Lipinski definition) is 4. The molecular weight excluding hydrogens is 250 g/mol. The molecular formula is C16H29N3O. The molecule has 0 atom stereocenters. The summed E-state index contributed by atoms with van der Waals surface area (Å²) in [7, 11) is 0. The fourth-order valence-corrected chi connectivity index (χ4v) is 1.69. The van der Waals surface area contributed by atoms with E-state index in [1.807, 2.05) is 6.07 Å². The van der Waals surface area contributed by atoms with Crippen LogP contribution >= 0.6 is 0 Å². The minimum atomic E-state index is 0.280. The lowest BCUT2D eigenvalue weighted by Crippen LogP contribution is -2.12. The fraction of sp³-hybridized carbons (Fsp3) is 0.750. The van der Waals surface area contributed by atoms with Gasteiger partial charge in [0.25, 0.3) is 0 Å². The van der Waals surface area contributed by atoms with Gasteiger partial charge in [-0.15, -0.1) is 0 Å². The van der Waals surface area contributed by atoms with Crippen molar-refractivity contribution in [2.75, 3.05) is 18.5 Å². The van der Waals surface area contributed by atoms with Crippen molar-refractivity contribution in [2.45, 2.75) is 60.3 Å². The van der Waals surface area contributed by atoms with Crippen molar-refractivity contribution in [3.8, 4) is 5.88 Å². The first kappa shape index (κ1) is 16.7. The van der Waals surface area contributed by atoms with Crippen LogP contribution in [0, 0.1) is 5.41 Å². The predicted octanol–water partition coefficient (Wildman–Crippen LogP) is 4.07. The van der Waals surface area contributed by atoms with E-state index in [-0.39, 0.29) is 5.41 Å². The number of aryl methyl sites for hydroxylation is 1. The van der Waals surface area contributed by atoms with Crippen molar-refractivity contribution in [2.24, 2.45) is 5.41 Å². The van der Waals surface area contributed by atoms with Gasteiger partial charge in [-0.2, -0.15) is 4.98 Å². The second-order valence-corrected chi connectivity index (χ2v) is 6.34. The van der Waals surface area contributed by atoms with Crippen molar-refractivity contribution < 1.29 is 4.74 Å². The van der Waals surface area contributed by atoms with Gasteiger partial charge in [-0.25, -0.2) is 4.98 Å². The van der Waals surface area contributed by atoms with Crippen LogP contribution in [0.5, 0.6) is 5.88 Å². The maximum absolute atomic E-state index is 5.80. The average molecular weight is 279 g/mol. The first-order valence-electron chi connectivity index (χ1n) is 7.69. The van der Waals surface area contributed by atoms with E-state index < -0.39 is 0 Å². The van der Waals surface area contributed by atoms with Crippen molar-refractivity contribution in [3.63, 3.8) is 0 Å². The first-order chi connectivity index (χ1) is 9.44. The zero-order chi connectivity index (χ0) is 15.0. The molecule has 0 unspecified atom stereocenters. The van der Waals surface area contributed by atoms with Crippen LogP contribution in [0.1, 0.15) is 59.7 Å². The summed E-state index contributed by atoms with van der Waals surface area (Å²) in [6.07, 6.45) is 4.01. The maximum atomic E-state index is 5.80. The van der Waals surface area contributed by atoms with E-state index >= 15 is 0 Å². The number of anilines is 1. The Balaban J connectivity index is 2.69. The lowest BCUT2D eigenvalue weighted by Gasteiger charge is -2.18. The predicted molar refractivity (Wildman–Crippen MR) is 84.4 cm³/mol. The molecule has 1 aromatic heterocycles. The maximum Gasteiger partial charge on any atom is 0.218 e. The summed E-state index contributed by atoms with van der Waals surface area (Å²) in [5, 5.41) is 3.31. The summed E-state index contributed by atoms with van der Waals surface area (Å²) in [5.41, 5.74) is 0.280. The molecule has 0 spiro atoms. The Morgan fingerprint density at radius 3 is 2.50 bits per heavy atom. The van der Waals surface area contributed by atoms with Gasteiger partial charge in [-0.3, -0.25) is 0 Å². The number of nitrogens with one attached hydrogen (secondary N) is 1. The molecule has 20 heavy (non-hydrogen) atoms. The van der Waals surface area contributed by atoms with Crippen molar-refractivity contribution in [1.82, 2.24) is 9.97 Å². The van der Waals surface area contributed by atoms with Gasteiger partial charge in [0.2, 0.25) is 5.88 Å². The van der Waals surface area contributed by atoms with Crippen molar-refractivity contribution >= 4 is 5.82 Å². The van der Waals surface area contributed by atoms with E-state index in [0.29, 0.717) is 12.5 Å². The summed E-state index contributed by atoms with van der Waals surface area (Å²) >= 11 is 0. The monoisotopic (exact) mass is 279 g/mol. The Kier molecular flexibility index (Phi) is 6.76. The molecule has 0 aliphatic rings. The van der Waals surface area contributed by atoms with Gasteiger partial charge in [-0.1, -0.05) is 34.6 Å². The molecule has 0 radical (unpaired) electrons. The molecule has 0 aliphatic heterocycles. The normalized spacial score (nSPS) is 11.4. The van der Waals surface area contributed by atoms with Gasteiger partial charge in [-0.05, 0) is 24.7 Å². The third-order valence-electron chi connectivity index (χ3n) is 2.88. The average Bonchev–Trinajstić information content (AvgIpc) is 2.35. The largest absolute Gasteiger partial charge is 0.478 e. The van der Waals surface area contributed by atoms with Gasteiger partial charge in [0.1, 0.15) is 11.6 Å². The summed E-state index contributed by atoms with van der Waals surface area (Å²) in [6.45, 7) is 12.5. The summed E-state index contributed by atoms with van der Waals surface area (Å²) < 4.78 is 5.80. The van der Waals surface area contributed by atoms with E-state index in [1.165, 1.54) is 0 Å². The van der Waals surface area contributed by atoms with E-state index in [2.05, 4.69) is 49.9 Å². The van der Waals surface area contributed by atoms with Gasteiger partial charge >= 0.3 is 0 Å². The van der Waals surface area contributed by atoms with Crippen LogP contribution in [-0.4, -0.2) is 23.1 Å². The number of nitrogens with zero attached hydrogens (tertiary/aromatic N) is 2. The lowest BCUT2D eigenvalue weighted by atomic mass is 9.93. The zero-order valence-electron chi connectivity index (χ0n) is 13.6. The highest BCUT2D eigenvalue weighted by Crippen LogP contribution is 2.20. The highest BCUT2D eigenvalue weighted by molar-refractivity contribution is 5.38. The van der Waals surface area contributed by atoms with Crippen LogP contribution in [0.2, 0.25) is 0 Å². The van der Waals surface area contributed by atoms with Crippen molar-refractivity contribution in [1.29, 1.82) is 0 Å². The standard InChI is InChI=1S/C16H29N3O/c1-6-8-13-18-14(17-10-7-2)12-15(19-13)20-11-9-16(3,4)5/h12H,6-11H2,1-5H3,(H,17,18,19). The molecule has 0 fully saturated rings. The molecule has 1 aromatic rings. The Labute approximate surface area is 123 Å². The van der Waals surface area contributed by atoms with E-state index in [1.54, 1.807) is 0 Å². The van der Waals surface area contributed by atoms with Crippen LogP contribution in [0.25, 0.3) is 0 Å². The van der Waals surface area contributed by atoms with Crippen LogP contribution in [-0.2, 0) is 6.42 Å². The molecule has 4 nitrogen and oxygen atoms in total. The topological polar surface area (TPSA) is 47.0 Å². The van der Waals surface area contributed by atoms with Crippen LogP contribution < -0.4 is 10.1 Å². The molecule has 1 heterocycles. The van der Waals surface area contributed by atoms with Crippen LogP contribution in [0.15, 0.2) is 6.07 Å². The summed E-state index contributed by atoms with van der Waals surface area (Å²) in [6, 6.07) is 1.90. The summed E-state index contributed by atoms with van der Waals surface area (Å²) in [5.74, 6) is 2.42. The smallest absolute Gasteiger partial charge is 0.218 e. The van der Waals surface area contributed by atoms with E-state index in [0.717, 1.165) is 43.9 Å². The number of rotatable bonds is 8. The molecule has 0 bridgehead atoms. The summed E-state index contributed by atoms with van der Waals surface area (Å²) in [4.78, 5) is 8.99. The Morgan fingerprint density at radius 2 is 1.90 bits per heavy atom. The molecule has 1 rings (SSSR count). The van der Waals surface area contributed by atoms with Crippen molar-refractivity contribution in [3.05, 3.63) is 11.9 Å². The minimum absolute atomic E-state index is 0.280. The molecule has 0 amide bonds. The number of hydrogen-bond donors (Lipinski definition) is 1. The molecule has 0 aromatic carbocycles. The van der Waals surface area contributed by atoms with E-state index in [4.69, 9.17) is 4.74 Å². The molecule has 4 heteroatoms. The Bertz CT molecular complexity index is 399. The SMILES string of the molecule is CCCNc1cc(OCCC(C)(C)C)nc(CCC)n1. The quantitative estimate of drug-likeness (QED) is 0.779. The van der Waals surface area contributed by atoms with Crippen LogP contribution in [0.4, 0.5) is 5.82 Å². The Morgan fingerprint density at radius 1 is 1.15 bits per heavy atom. The third-order valence-corrected chi connectivity index (χ3v) is 2.88. The molecule has 1 N–H and O–H groups in total. The van der Waals surface area contributed by atoms with Crippen LogP contribution in [0.3, 0.4) is 0 Å². The second-order valence-electron chi connectivity index (χ2n) is 6.34. The minimum Gasteiger partial charge on any atom is -0.478 e. The zero-order valence-corrected chi connectivity index (χ0v) is 13.6. The Hall–Kier alpha value is -1.32. The van der Waals surface area contributed by atoms with E-state index in [9.17, 15) is 0 Å². The molecule has 0 saturated carbocycles.